The predicted molar refractivity (Wildman–Crippen MR) is 66.4 cm³/mol. The average molecular weight is 268 g/mol. The Balaban J connectivity index is 2.59. The van der Waals surface area contributed by atoms with E-state index in [1.54, 1.807) is 13.8 Å². The van der Waals surface area contributed by atoms with Crippen LogP contribution in [-0.4, -0.2) is 32.7 Å². The molecule has 5 nitrogen and oxygen atoms in total. The minimum atomic E-state index is -1.18. The summed E-state index contributed by atoms with van der Waals surface area (Å²) in [6.45, 7) is 3.36. The van der Waals surface area contributed by atoms with Crippen molar-refractivity contribution < 1.29 is 24.0 Å². The van der Waals surface area contributed by atoms with Crippen molar-refractivity contribution in [3.63, 3.8) is 0 Å². The summed E-state index contributed by atoms with van der Waals surface area (Å²) in [4.78, 5) is 35.9. The molecule has 0 saturated heterocycles. The Morgan fingerprint density at radius 2 is 2.17 bits per heavy atom. The Hall–Kier alpha value is -1.40. The van der Waals surface area contributed by atoms with E-state index in [1.165, 1.54) is 23.9 Å². The van der Waals surface area contributed by atoms with Gasteiger partial charge < -0.3 is 5.11 Å². The molecule has 1 aliphatic carbocycles. The van der Waals surface area contributed by atoms with Crippen molar-refractivity contribution >= 4 is 29.5 Å². The Morgan fingerprint density at radius 1 is 1.50 bits per heavy atom. The van der Waals surface area contributed by atoms with Gasteiger partial charge in [0.25, 0.3) is 0 Å². The molecule has 2 amide bonds. The summed E-state index contributed by atoms with van der Waals surface area (Å²) in [7, 11) is 0. The minimum absolute atomic E-state index is 0.0530. The molecule has 0 aromatic heterocycles. The first kappa shape index (κ1) is 13.0. The van der Waals surface area contributed by atoms with Crippen molar-refractivity contribution in [2.24, 2.45) is 0 Å². The van der Waals surface area contributed by atoms with Gasteiger partial charge in [-0.15, -0.1) is 4.48 Å². The average Bonchev–Trinajstić information content (AvgIpc) is 2.60. The number of quaternary nitrogens is 1. The standard InChI is InChI=1S/C12H13NO4S/c1-3-11(15)13(12(16)17)7(2)18-10-6-8(14)4-5-9(10)13/h4-5,7H,3,6H2,1-2H3/p+1. The second-order valence-corrected chi connectivity index (χ2v) is 5.67. The van der Waals surface area contributed by atoms with Gasteiger partial charge in [-0.05, 0) is 13.0 Å². The monoisotopic (exact) mass is 268 g/mol. The minimum Gasteiger partial charge on any atom is -0.435 e. The molecule has 6 heteroatoms. The molecule has 1 aliphatic heterocycles. The number of amides is 2. The van der Waals surface area contributed by atoms with Crippen molar-refractivity contribution in [3.8, 4) is 0 Å². The van der Waals surface area contributed by atoms with E-state index in [0.29, 0.717) is 10.6 Å². The van der Waals surface area contributed by atoms with Crippen LogP contribution in [0.15, 0.2) is 22.8 Å². The zero-order valence-corrected chi connectivity index (χ0v) is 11.0. The first-order chi connectivity index (χ1) is 8.44. The molecule has 0 aromatic carbocycles. The van der Waals surface area contributed by atoms with Crippen LogP contribution in [0.5, 0.6) is 0 Å². The highest BCUT2D eigenvalue weighted by molar-refractivity contribution is 8.03. The van der Waals surface area contributed by atoms with Gasteiger partial charge in [-0.1, -0.05) is 18.7 Å². The predicted octanol–water partition coefficient (Wildman–Crippen LogP) is 2.25. The number of allylic oxidation sites excluding steroid dienone is 3. The number of carbonyl (C=O) groups excluding carboxylic acids is 2. The van der Waals surface area contributed by atoms with Gasteiger partial charge in [0, 0.05) is 12.5 Å². The number of thioether (sulfide) groups is 1. The van der Waals surface area contributed by atoms with Gasteiger partial charge in [-0.25, -0.2) is 4.79 Å². The van der Waals surface area contributed by atoms with Gasteiger partial charge in [0.15, 0.2) is 16.9 Å². The molecule has 0 radical (unpaired) electrons. The topological polar surface area (TPSA) is 71.4 Å². The molecular formula is C12H14NO4S+. The molecule has 0 saturated carbocycles. The molecular weight excluding hydrogens is 254 g/mol. The lowest BCUT2D eigenvalue weighted by molar-refractivity contribution is -0.745. The first-order valence-corrected chi connectivity index (χ1v) is 6.59. The van der Waals surface area contributed by atoms with E-state index in [-0.39, 0.29) is 24.5 Å². The zero-order valence-electron chi connectivity index (χ0n) is 10.2. The second kappa shape index (κ2) is 4.37. The van der Waals surface area contributed by atoms with E-state index in [4.69, 9.17) is 0 Å². The van der Waals surface area contributed by atoms with E-state index in [2.05, 4.69) is 0 Å². The summed E-state index contributed by atoms with van der Waals surface area (Å²) in [5, 5.41) is 9.09. The number of rotatable bonds is 1. The molecule has 2 rings (SSSR count). The lowest BCUT2D eigenvalue weighted by Gasteiger charge is -2.30. The zero-order chi connectivity index (χ0) is 13.5. The van der Waals surface area contributed by atoms with E-state index < -0.39 is 16.0 Å². The van der Waals surface area contributed by atoms with Crippen molar-refractivity contribution in [1.29, 1.82) is 0 Å². The van der Waals surface area contributed by atoms with Crippen LogP contribution >= 0.6 is 11.8 Å². The molecule has 2 unspecified atom stereocenters. The normalized spacial score (nSPS) is 30.6. The third kappa shape index (κ3) is 1.56. The van der Waals surface area contributed by atoms with Gasteiger partial charge >= 0.3 is 12.0 Å². The molecule has 1 N–H and O–H groups in total. The Labute approximate surface area is 109 Å². The molecule has 1 heterocycles. The summed E-state index contributed by atoms with van der Waals surface area (Å²) in [6.07, 6.45) is 2.02. The van der Waals surface area contributed by atoms with Crippen LogP contribution < -0.4 is 0 Å². The van der Waals surface area contributed by atoms with E-state index in [0.717, 1.165) is 0 Å². The first-order valence-electron chi connectivity index (χ1n) is 5.71. The van der Waals surface area contributed by atoms with E-state index in [9.17, 15) is 19.5 Å². The lowest BCUT2D eigenvalue weighted by atomic mass is 10.1. The number of ketones is 1. The maximum atomic E-state index is 12.1. The maximum Gasteiger partial charge on any atom is 0.527 e. The highest BCUT2D eigenvalue weighted by Crippen LogP contribution is 2.48. The van der Waals surface area contributed by atoms with Gasteiger partial charge in [0.1, 0.15) is 0 Å². The summed E-state index contributed by atoms with van der Waals surface area (Å²) in [5.41, 5.74) is 0.450. The summed E-state index contributed by atoms with van der Waals surface area (Å²) >= 11 is 1.31. The van der Waals surface area contributed by atoms with Crippen LogP contribution in [0.25, 0.3) is 0 Å². The number of hydrogen-bond acceptors (Lipinski definition) is 4. The van der Waals surface area contributed by atoms with Crippen LogP contribution in [0.3, 0.4) is 0 Å². The van der Waals surface area contributed by atoms with Crippen molar-refractivity contribution in [1.82, 2.24) is 0 Å². The fourth-order valence-electron chi connectivity index (χ4n) is 2.42. The Bertz CT molecular complexity index is 508. The molecule has 0 bridgehead atoms. The molecule has 2 atom stereocenters. The molecule has 0 spiro atoms. The molecule has 0 aromatic rings. The largest absolute Gasteiger partial charge is 0.527 e. The maximum absolute atomic E-state index is 12.1. The number of carboxylic acid groups (broad SMARTS) is 1. The fraction of sp³-hybridized carbons (Fsp3) is 0.417. The molecule has 96 valence electrons. The fourth-order valence-corrected chi connectivity index (χ4v) is 3.87. The van der Waals surface area contributed by atoms with Crippen LogP contribution in [0.4, 0.5) is 4.79 Å². The highest BCUT2D eigenvalue weighted by Gasteiger charge is 2.58. The SMILES string of the molecule is CCC(=O)[N+]1(C(=O)O)C2=C(CC(=O)C=C2)SC1C. The highest BCUT2D eigenvalue weighted by atomic mass is 32.2. The molecule has 2 aliphatic rings. The van der Waals surface area contributed by atoms with E-state index in [1.807, 2.05) is 0 Å². The van der Waals surface area contributed by atoms with Crippen LogP contribution in [-0.2, 0) is 9.59 Å². The second-order valence-electron chi connectivity index (χ2n) is 4.25. The third-order valence-corrected chi connectivity index (χ3v) is 4.58. The number of nitrogens with zero attached hydrogens (tertiary/aromatic N) is 1. The molecule has 0 fully saturated rings. The number of imide groups is 1. The van der Waals surface area contributed by atoms with Crippen LogP contribution in [0.1, 0.15) is 26.7 Å². The van der Waals surface area contributed by atoms with Gasteiger partial charge in [0.05, 0.1) is 11.3 Å². The summed E-state index contributed by atoms with van der Waals surface area (Å²) in [6, 6.07) is 0. The van der Waals surface area contributed by atoms with Gasteiger partial charge in [-0.3, -0.25) is 4.79 Å². The third-order valence-electron chi connectivity index (χ3n) is 3.28. The Morgan fingerprint density at radius 3 is 2.72 bits per heavy atom. The summed E-state index contributed by atoms with van der Waals surface area (Å²) in [5.74, 6) is -0.408. The van der Waals surface area contributed by atoms with Crippen molar-refractivity contribution in [3.05, 3.63) is 22.8 Å². The van der Waals surface area contributed by atoms with Crippen molar-refractivity contribution in [2.45, 2.75) is 32.1 Å². The van der Waals surface area contributed by atoms with Gasteiger partial charge in [0.2, 0.25) is 0 Å². The Kier molecular flexibility index (Phi) is 3.16. The van der Waals surface area contributed by atoms with E-state index >= 15 is 0 Å². The van der Waals surface area contributed by atoms with Crippen LogP contribution in [0, 0.1) is 0 Å². The van der Waals surface area contributed by atoms with Crippen LogP contribution in [0.2, 0.25) is 0 Å². The molecule has 18 heavy (non-hydrogen) atoms. The smallest absolute Gasteiger partial charge is 0.435 e. The number of carbonyl (C=O) groups is 3. The lowest BCUT2D eigenvalue weighted by Crippen LogP contribution is -2.57. The quantitative estimate of drug-likeness (QED) is 0.738. The summed E-state index contributed by atoms with van der Waals surface area (Å²) < 4.78 is -0.694. The van der Waals surface area contributed by atoms with Crippen molar-refractivity contribution in [2.75, 3.05) is 0 Å². The van der Waals surface area contributed by atoms with Gasteiger partial charge in [-0.2, -0.15) is 4.79 Å². The number of hydrogen-bond donors (Lipinski definition) is 1.